The van der Waals surface area contributed by atoms with E-state index in [1.807, 2.05) is 6.07 Å². The second-order valence-electron chi connectivity index (χ2n) is 7.55. The largest absolute Gasteiger partial charge is 0.497 e. The lowest BCUT2D eigenvalue weighted by atomic mass is 9.98. The van der Waals surface area contributed by atoms with Gasteiger partial charge in [-0.3, -0.25) is 4.79 Å². The smallest absolute Gasteiger partial charge is 0.333 e. The van der Waals surface area contributed by atoms with Crippen LogP contribution in [0.2, 0.25) is 0 Å². The Hall–Kier alpha value is -3.40. The maximum absolute atomic E-state index is 11.3. The number of aryl methyl sites for hydroxylation is 1. The molecule has 0 fully saturated rings. The quantitative estimate of drug-likeness (QED) is 0.144. The van der Waals surface area contributed by atoms with Gasteiger partial charge in [0, 0.05) is 5.57 Å². The Kier molecular flexibility index (Phi) is 9.01. The van der Waals surface area contributed by atoms with Crippen molar-refractivity contribution in [2.75, 3.05) is 13.7 Å². The SMILES string of the molecule is C=C(C)C(=O)OCCCCc1ccc2c(ccc3cc(OC)ccc32)c1.C=C(C)C=O. The van der Waals surface area contributed by atoms with Gasteiger partial charge in [0.15, 0.2) is 0 Å². The van der Waals surface area contributed by atoms with E-state index in [-0.39, 0.29) is 5.97 Å². The standard InChI is InChI=1S/C23H24O3.C4H6O/c1-16(2)23(24)26-13-5-4-6-17-7-11-21-18(14-17)8-9-19-15-20(25-3)10-12-22(19)21;1-4(2)3-5/h7-12,14-15H,1,4-6,13H2,2-3H3;3H,1H2,2H3. The topological polar surface area (TPSA) is 52.6 Å². The zero-order valence-electron chi connectivity index (χ0n) is 18.6. The maximum atomic E-state index is 11.3. The highest BCUT2D eigenvalue weighted by molar-refractivity contribution is 6.07. The van der Waals surface area contributed by atoms with Gasteiger partial charge in [-0.05, 0) is 77.9 Å². The zero-order chi connectivity index (χ0) is 22.8. The molecule has 0 amide bonds. The minimum Gasteiger partial charge on any atom is -0.497 e. The third-order valence-corrected chi connectivity index (χ3v) is 4.75. The third-order valence-electron chi connectivity index (χ3n) is 4.75. The summed E-state index contributed by atoms with van der Waals surface area (Å²) in [6.45, 7) is 10.7. The Labute approximate surface area is 184 Å². The molecule has 0 aliphatic carbocycles. The molecule has 4 nitrogen and oxygen atoms in total. The van der Waals surface area contributed by atoms with Gasteiger partial charge in [-0.15, -0.1) is 0 Å². The zero-order valence-corrected chi connectivity index (χ0v) is 18.6. The molecule has 0 atom stereocenters. The van der Waals surface area contributed by atoms with Crippen molar-refractivity contribution in [2.24, 2.45) is 0 Å². The van der Waals surface area contributed by atoms with Gasteiger partial charge in [-0.2, -0.15) is 0 Å². The van der Waals surface area contributed by atoms with Crippen LogP contribution in [0.1, 0.15) is 32.3 Å². The van der Waals surface area contributed by atoms with Gasteiger partial charge in [0.1, 0.15) is 12.0 Å². The molecular formula is C27H30O4. The monoisotopic (exact) mass is 418 g/mol. The van der Waals surface area contributed by atoms with E-state index in [1.54, 1.807) is 21.0 Å². The number of carbonyl (C=O) groups is 2. The van der Waals surface area contributed by atoms with E-state index >= 15 is 0 Å². The Bertz CT molecular complexity index is 1100. The van der Waals surface area contributed by atoms with Crippen LogP contribution >= 0.6 is 0 Å². The van der Waals surface area contributed by atoms with E-state index in [4.69, 9.17) is 9.47 Å². The Morgan fingerprint density at radius 1 is 0.935 bits per heavy atom. The maximum Gasteiger partial charge on any atom is 0.333 e. The average Bonchev–Trinajstić information content (AvgIpc) is 2.78. The number of benzene rings is 3. The molecule has 3 aromatic rings. The Morgan fingerprint density at radius 3 is 2.13 bits per heavy atom. The van der Waals surface area contributed by atoms with Crippen LogP contribution in [0.3, 0.4) is 0 Å². The number of esters is 1. The summed E-state index contributed by atoms with van der Waals surface area (Å²) in [7, 11) is 1.69. The van der Waals surface area contributed by atoms with E-state index in [9.17, 15) is 9.59 Å². The van der Waals surface area contributed by atoms with E-state index in [1.165, 1.54) is 27.1 Å². The van der Waals surface area contributed by atoms with Crippen LogP contribution < -0.4 is 4.74 Å². The van der Waals surface area contributed by atoms with Crippen molar-refractivity contribution >= 4 is 33.8 Å². The molecule has 0 aromatic heterocycles. The van der Waals surface area contributed by atoms with Crippen molar-refractivity contribution in [3.8, 4) is 5.75 Å². The minimum absolute atomic E-state index is 0.306. The first kappa shape index (κ1) is 23.9. The van der Waals surface area contributed by atoms with Crippen LogP contribution in [-0.2, 0) is 20.7 Å². The predicted molar refractivity (Wildman–Crippen MR) is 128 cm³/mol. The van der Waals surface area contributed by atoms with Crippen molar-refractivity contribution in [1.82, 2.24) is 0 Å². The van der Waals surface area contributed by atoms with Crippen molar-refractivity contribution < 1.29 is 19.1 Å². The highest BCUT2D eigenvalue weighted by Crippen LogP contribution is 2.29. The first-order valence-corrected chi connectivity index (χ1v) is 10.3. The minimum atomic E-state index is -0.306. The summed E-state index contributed by atoms with van der Waals surface area (Å²) in [6, 6.07) is 17.1. The fourth-order valence-corrected chi connectivity index (χ4v) is 3.10. The van der Waals surface area contributed by atoms with Gasteiger partial charge in [0.25, 0.3) is 0 Å². The number of hydrogen-bond acceptors (Lipinski definition) is 4. The van der Waals surface area contributed by atoms with Gasteiger partial charge < -0.3 is 9.47 Å². The lowest BCUT2D eigenvalue weighted by Crippen LogP contribution is -2.06. The fourth-order valence-electron chi connectivity index (χ4n) is 3.10. The average molecular weight is 419 g/mol. The molecule has 0 radical (unpaired) electrons. The molecule has 31 heavy (non-hydrogen) atoms. The normalized spacial score (nSPS) is 10.2. The fraction of sp³-hybridized carbons (Fsp3) is 0.259. The summed E-state index contributed by atoms with van der Waals surface area (Å²) in [5, 5.41) is 4.92. The van der Waals surface area contributed by atoms with Crippen molar-refractivity contribution in [2.45, 2.75) is 33.1 Å². The molecule has 0 aliphatic heterocycles. The van der Waals surface area contributed by atoms with Crippen molar-refractivity contribution in [3.05, 3.63) is 78.4 Å². The molecular weight excluding hydrogens is 388 g/mol. The number of carbonyl (C=O) groups excluding carboxylic acids is 2. The second kappa shape index (κ2) is 11.7. The van der Waals surface area contributed by atoms with Crippen molar-refractivity contribution in [1.29, 1.82) is 0 Å². The molecule has 0 saturated carbocycles. The number of ether oxygens (including phenoxy) is 2. The molecule has 162 valence electrons. The summed E-state index contributed by atoms with van der Waals surface area (Å²) in [5.41, 5.74) is 2.32. The number of fused-ring (bicyclic) bond motifs is 3. The van der Waals surface area contributed by atoms with Crippen molar-refractivity contribution in [3.63, 3.8) is 0 Å². The summed E-state index contributed by atoms with van der Waals surface area (Å²) >= 11 is 0. The molecule has 0 bridgehead atoms. The number of methoxy groups -OCH3 is 1. The molecule has 0 saturated heterocycles. The van der Waals surface area contributed by atoms with E-state index in [0.717, 1.165) is 31.3 Å². The van der Waals surface area contributed by atoms with Crippen LogP contribution in [0.5, 0.6) is 5.75 Å². The summed E-state index contributed by atoms with van der Waals surface area (Å²) in [6.07, 6.45) is 3.54. The number of aldehydes is 1. The third kappa shape index (κ3) is 7.10. The van der Waals surface area contributed by atoms with Gasteiger partial charge in [0.05, 0.1) is 13.7 Å². The molecule has 0 aliphatic rings. The summed E-state index contributed by atoms with van der Waals surface area (Å²) < 4.78 is 10.4. The predicted octanol–water partition coefficient (Wildman–Crippen LogP) is 6.21. The molecule has 3 aromatic carbocycles. The van der Waals surface area contributed by atoms with Gasteiger partial charge in [-0.25, -0.2) is 4.79 Å². The van der Waals surface area contributed by atoms with Crippen LogP contribution in [0.25, 0.3) is 21.5 Å². The van der Waals surface area contributed by atoms with Gasteiger partial charge in [-0.1, -0.05) is 49.6 Å². The van der Waals surface area contributed by atoms with E-state index in [2.05, 4.69) is 55.6 Å². The lowest BCUT2D eigenvalue weighted by molar-refractivity contribution is -0.139. The van der Waals surface area contributed by atoms with Crippen LogP contribution in [0.4, 0.5) is 0 Å². The molecule has 4 heteroatoms. The second-order valence-corrected chi connectivity index (χ2v) is 7.55. The molecule has 0 unspecified atom stereocenters. The highest BCUT2D eigenvalue weighted by atomic mass is 16.5. The summed E-state index contributed by atoms with van der Waals surface area (Å²) in [5.74, 6) is 0.569. The van der Waals surface area contributed by atoms with Crippen LogP contribution in [0.15, 0.2) is 72.8 Å². The first-order valence-electron chi connectivity index (χ1n) is 10.3. The van der Waals surface area contributed by atoms with E-state index in [0.29, 0.717) is 17.8 Å². The molecule has 0 spiro atoms. The highest BCUT2D eigenvalue weighted by Gasteiger charge is 2.05. The molecule has 0 N–H and O–H groups in total. The number of unbranched alkanes of at least 4 members (excludes halogenated alkanes) is 1. The number of rotatable bonds is 8. The van der Waals surface area contributed by atoms with Crippen LogP contribution in [0, 0.1) is 0 Å². The Morgan fingerprint density at radius 2 is 1.55 bits per heavy atom. The number of hydrogen-bond donors (Lipinski definition) is 0. The Balaban J connectivity index is 0.000000614. The van der Waals surface area contributed by atoms with Gasteiger partial charge in [0.2, 0.25) is 0 Å². The summed E-state index contributed by atoms with van der Waals surface area (Å²) in [4.78, 5) is 20.7. The first-order chi connectivity index (χ1) is 14.8. The lowest BCUT2D eigenvalue weighted by Gasteiger charge is -2.09. The van der Waals surface area contributed by atoms with E-state index < -0.39 is 0 Å². The van der Waals surface area contributed by atoms with Gasteiger partial charge >= 0.3 is 5.97 Å². The molecule has 0 heterocycles. The molecule has 3 rings (SSSR count). The van der Waals surface area contributed by atoms with Crippen LogP contribution in [-0.4, -0.2) is 26.0 Å². The number of allylic oxidation sites excluding steroid dienone is 1.